The van der Waals surface area contributed by atoms with Gasteiger partial charge in [0.05, 0.1) is 13.1 Å². The lowest BCUT2D eigenvalue weighted by Crippen LogP contribution is -2.31. The molecule has 0 fully saturated rings. The summed E-state index contributed by atoms with van der Waals surface area (Å²) in [5, 5.41) is 14.5. The monoisotopic (exact) mass is 204 g/mol. The number of hydrazine groups is 1. The van der Waals surface area contributed by atoms with Gasteiger partial charge in [-0.3, -0.25) is 0 Å². The minimum atomic E-state index is 0.218. The second kappa shape index (κ2) is 8.74. The van der Waals surface area contributed by atoms with Crippen LogP contribution in [0.4, 0.5) is 0 Å². The Kier molecular flexibility index (Phi) is 8.22. The quantitative estimate of drug-likeness (QED) is 0.278. The smallest absolute Gasteiger partial charge is 0.218 e. The number of aliphatic hydroxyl groups excluding tert-OH is 1. The van der Waals surface area contributed by atoms with E-state index in [2.05, 4.69) is 19.1 Å². The molecule has 0 aliphatic carbocycles. The highest BCUT2D eigenvalue weighted by Crippen LogP contribution is 1.92. The first-order valence-electron chi connectivity index (χ1n) is 5.18. The van der Waals surface area contributed by atoms with Crippen molar-refractivity contribution in [3.63, 3.8) is 0 Å². The Morgan fingerprint density at radius 3 is 2.43 bits per heavy atom. The summed E-state index contributed by atoms with van der Waals surface area (Å²) in [6.45, 7) is 6.75. The fourth-order valence-electron chi connectivity index (χ4n) is 1.09. The normalized spacial score (nSPS) is 11.6. The number of nitrogens with zero attached hydrogens (tertiary/aromatic N) is 3. The highest BCUT2D eigenvalue weighted by atomic mass is 16.6. The number of unbranched alkanes of at least 4 members (excludes halogenated alkanes) is 1. The average molecular weight is 204 g/mol. The largest absolute Gasteiger partial charge is 0.396 e. The Bertz CT molecular complexity index is 158. The lowest BCUT2D eigenvalue weighted by molar-refractivity contribution is -0.738. The van der Waals surface area contributed by atoms with Crippen molar-refractivity contribution in [1.82, 2.24) is 5.01 Å². The van der Waals surface area contributed by atoms with Crippen LogP contribution in [-0.2, 0) is 4.84 Å². The molecule has 0 amide bonds. The number of aliphatic hydroxyl groups is 1. The van der Waals surface area contributed by atoms with Crippen molar-refractivity contribution in [1.29, 1.82) is 0 Å². The Balaban J connectivity index is 3.64. The van der Waals surface area contributed by atoms with Crippen LogP contribution in [0, 0.1) is 0 Å². The first kappa shape index (κ1) is 13.2. The van der Waals surface area contributed by atoms with Gasteiger partial charge in [0.15, 0.2) is 7.05 Å². The van der Waals surface area contributed by atoms with Gasteiger partial charge in [-0.15, -0.1) is 0 Å². The molecule has 0 atom stereocenters. The van der Waals surface area contributed by atoms with E-state index in [1.165, 1.54) is 0 Å². The molecule has 0 aromatic rings. The first-order chi connectivity index (χ1) is 6.76. The molecule has 0 heterocycles. The number of hydrogen-bond donors (Lipinski definition) is 1. The minimum absolute atomic E-state index is 0.218. The van der Waals surface area contributed by atoms with E-state index in [-0.39, 0.29) is 6.61 Å². The van der Waals surface area contributed by atoms with Crippen molar-refractivity contribution >= 4 is 0 Å². The van der Waals surface area contributed by atoms with Crippen LogP contribution < -0.4 is 0 Å². The molecule has 0 saturated heterocycles. The van der Waals surface area contributed by atoms with Crippen LogP contribution in [0.5, 0.6) is 0 Å². The Hall–Kier alpha value is -0.840. The maximum absolute atomic E-state index is 8.53. The van der Waals surface area contributed by atoms with Gasteiger partial charge in [-0.25, -0.2) is 0 Å². The van der Waals surface area contributed by atoms with Crippen LogP contribution in [0.3, 0.4) is 0 Å². The summed E-state index contributed by atoms with van der Waals surface area (Å²) in [6, 6.07) is 0. The van der Waals surface area contributed by atoms with Crippen LogP contribution in [0.15, 0.2) is 5.28 Å². The summed E-state index contributed by atoms with van der Waals surface area (Å²) >= 11 is 0. The predicted molar refractivity (Wildman–Crippen MR) is 53.8 cm³/mol. The topological polar surface area (TPSA) is 48.1 Å². The summed E-state index contributed by atoms with van der Waals surface area (Å²) in [4.78, 5) is 6.79. The van der Waals surface area contributed by atoms with Crippen LogP contribution in [0.25, 0.3) is 0 Å². The fraction of sp³-hybridized carbons (Fsp3) is 1.00. The number of rotatable bonds is 8. The molecule has 0 unspecified atom stereocenters. The summed E-state index contributed by atoms with van der Waals surface area (Å²) in [6.07, 6.45) is 1.61. The maximum atomic E-state index is 8.53. The molecule has 1 N–H and O–H groups in total. The zero-order valence-electron chi connectivity index (χ0n) is 9.44. The maximum Gasteiger partial charge on any atom is 0.218 e. The standard InChI is InChI=1S/C9H22N3O2/c1-4-12(5-2)11(3)10-14-9-7-6-8-13/h13H,4-9H2,1-3H3/q+1/b11-10+. The van der Waals surface area contributed by atoms with Gasteiger partial charge in [0.25, 0.3) is 0 Å². The molecular formula is C9H22N3O2+. The molecule has 0 aromatic carbocycles. The second-order valence-electron chi connectivity index (χ2n) is 2.97. The van der Waals surface area contributed by atoms with E-state index in [0.29, 0.717) is 6.61 Å². The predicted octanol–water partition coefficient (Wildman–Crippen LogP) is 1.04. The van der Waals surface area contributed by atoms with E-state index >= 15 is 0 Å². The third kappa shape index (κ3) is 5.75. The van der Waals surface area contributed by atoms with Gasteiger partial charge in [-0.2, -0.15) is 5.01 Å². The highest BCUT2D eigenvalue weighted by molar-refractivity contribution is 4.32. The van der Waals surface area contributed by atoms with E-state index in [0.717, 1.165) is 25.9 Å². The summed E-state index contributed by atoms with van der Waals surface area (Å²) in [5.41, 5.74) is 0. The third-order valence-electron chi connectivity index (χ3n) is 1.96. The first-order valence-corrected chi connectivity index (χ1v) is 5.18. The van der Waals surface area contributed by atoms with Crippen molar-refractivity contribution in [3.05, 3.63) is 0 Å². The lowest BCUT2D eigenvalue weighted by Gasteiger charge is -2.10. The fourth-order valence-corrected chi connectivity index (χ4v) is 1.09. The Morgan fingerprint density at radius 1 is 1.29 bits per heavy atom. The molecule has 14 heavy (non-hydrogen) atoms. The van der Waals surface area contributed by atoms with Gasteiger partial charge in [-0.1, -0.05) is 0 Å². The van der Waals surface area contributed by atoms with Gasteiger partial charge < -0.3 is 9.94 Å². The van der Waals surface area contributed by atoms with E-state index in [1.807, 2.05) is 12.1 Å². The van der Waals surface area contributed by atoms with E-state index in [1.54, 1.807) is 4.81 Å². The van der Waals surface area contributed by atoms with Crippen molar-refractivity contribution < 1.29 is 14.8 Å². The summed E-state index contributed by atoms with van der Waals surface area (Å²) in [5.74, 6) is 0. The van der Waals surface area contributed by atoms with Gasteiger partial charge in [-0.05, 0) is 26.7 Å². The Morgan fingerprint density at radius 2 is 1.93 bits per heavy atom. The highest BCUT2D eigenvalue weighted by Gasteiger charge is 2.07. The van der Waals surface area contributed by atoms with Gasteiger partial charge in [0.2, 0.25) is 5.28 Å². The lowest BCUT2D eigenvalue weighted by atomic mass is 10.3. The SMILES string of the molecule is CCN(CC)/[N+](C)=N/OCCCCO. The Labute approximate surface area is 85.9 Å². The molecule has 0 rings (SSSR count). The molecule has 5 nitrogen and oxygen atoms in total. The van der Waals surface area contributed by atoms with Crippen LogP contribution in [-0.4, -0.2) is 48.3 Å². The van der Waals surface area contributed by atoms with Crippen molar-refractivity contribution in [2.75, 3.05) is 33.4 Å². The summed E-state index contributed by atoms with van der Waals surface area (Å²) in [7, 11) is 1.86. The van der Waals surface area contributed by atoms with Crippen LogP contribution in [0.2, 0.25) is 0 Å². The molecule has 0 radical (unpaired) electrons. The van der Waals surface area contributed by atoms with Crippen molar-refractivity contribution in [3.8, 4) is 0 Å². The van der Waals surface area contributed by atoms with Gasteiger partial charge >= 0.3 is 0 Å². The average Bonchev–Trinajstić information content (AvgIpc) is 2.19. The van der Waals surface area contributed by atoms with Crippen LogP contribution >= 0.6 is 0 Å². The van der Waals surface area contributed by atoms with Crippen molar-refractivity contribution in [2.24, 2.45) is 5.28 Å². The molecule has 0 saturated carbocycles. The molecule has 0 aromatic heterocycles. The number of hydrogen-bond acceptors (Lipinski definition) is 3. The van der Waals surface area contributed by atoms with Gasteiger partial charge in [0, 0.05) is 11.4 Å². The van der Waals surface area contributed by atoms with E-state index < -0.39 is 0 Å². The van der Waals surface area contributed by atoms with E-state index in [4.69, 9.17) is 9.94 Å². The van der Waals surface area contributed by atoms with Gasteiger partial charge in [0.1, 0.15) is 6.61 Å². The second-order valence-corrected chi connectivity index (χ2v) is 2.97. The van der Waals surface area contributed by atoms with Crippen LogP contribution in [0.1, 0.15) is 26.7 Å². The molecule has 84 valence electrons. The molecular weight excluding hydrogens is 182 g/mol. The zero-order valence-corrected chi connectivity index (χ0v) is 9.44. The van der Waals surface area contributed by atoms with E-state index in [9.17, 15) is 0 Å². The molecule has 0 aliphatic heterocycles. The molecule has 0 spiro atoms. The zero-order chi connectivity index (χ0) is 10.8. The summed E-state index contributed by atoms with van der Waals surface area (Å²) < 4.78 is 0. The minimum Gasteiger partial charge on any atom is -0.396 e. The van der Waals surface area contributed by atoms with Crippen molar-refractivity contribution in [2.45, 2.75) is 26.7 Å². The molecule has 5 heteroatoms. The third-order valence-corrected chi connectivity index (χ3v) is 1.96. The molecule has 0 aliphatic rings. The molecule has 0 bridgehead atoms.